The van der Waals surface area contributed by atoms with E-state index < -0.39 is 5.82 Å². The van der Waals surface area contributed by atoms with E-state index in [1.54, 1.807) is 19.3 Å². The maximum atomic E-state index is 14.4. The van der Waals surface area contributed by atoms with Crippen molar-refractivity contribution in [2.45, 2.75) is 18.9 Å². The van der Waals surface area contributed by atoms with Crippen LogP contribution in [0.1, 0.15) is 29.2 Å². The molecule has 4 rings (SSSR count). The summed E-state index contributed by atoms with van der Waals surface area (Å²) < 4.78 is 16.4. The van der Waals surface area contributed by atoms with Crippen molar-refractivity contribution >= 4 is 34.3 Å². The van der Waals surface area contributed by atoms with Crippen LogP contribution in [0.4, 0.5) is 21.8 Å². The summed E-state index contributed by atoms with van der Waals surface area (Å²) in [4.78, 5) is 20.2. The molecule has 0 aliphatic heterocycles. The molecule has 0 spiro atoms. The number of fused-ring (bicyclic) bond motifs is 1. The highest BCUT2D eigenvalue weighted by atomic mass is 19.1. The van der Waals surface area contributed by atoms with Gasteiger partial charge in [0.15, 0.2) is 0 Å². The van der Waals surface area contributed by atoms with Crippen molar-refractivity contribution in [2.24, 2.45) is 0 Å². The average molecular weight is 355 g/mol. The van der Waals surface area contributed by atoms with E-state index in [-0.39, 0.29) is 17.5 Å². The first-order valence-electron chi connectivity index (χ1n) is 8.31. The first-order chi connectivity index (χ1) is 12.6. The molecule has 0 bridgehead atoms. The van der Waals surface area contributed by atoms with Crippen molar-refractivity contribution in [3.05, 3.63) is 35.9 Å². The minimum atomic E-state index is -0.419. The van der Waals surface area contributed by atoms with Crippen LogP contribution in [0.25, 0.3) is 10.9 Å². The van der Waals surface area contributed by atoms with Crippen LogP contribution in [-0.2, 0) is 0 Å². The van der Waals surface area contributed by atoms with E-state index in [2.05, 4.69) is 31.0 Å². The zero-order valence-electron chi connectivity index (χ0n) is 14.4. The van der Waals surface area contributed by atoms with Crippen LogP contribution in [0, 0.1) is 5.82 Å². The van der Waals surface area contributed by atoms with Gasteiger partial charge in [-0.3, -0.25) is 9.48 Å². The minimum Gasteiger partial charge on any atom is -0.372 e. The van der Waals surface area contributed by atoms with Crippen LogP contribution in [0.2, 0.25) is 0 Å². The summed E-state index contributed by atoms with van der Waals surface area (Å²) in [6, 6.07) is 3.55. The average Bonchev–Trinajstić information content (AvgIpc) is 3.42. The van der Waals surface area contributed by atoms with Crippen LogP contribution < -0.4 is 16.0 Å². The van der Waals surface area contributed by atoms with Crippen molar-refractivity contribution < 1.29 is 9.18 Å². The minimum absolute atomic E-state index is 0.192. The first kappa shape index (κ1) is 16.2. The largest absolute Gasteiger partial charge is 0.372 e. The molecule has 1 aliphatic carbocycles. The number of aromatic nitrogens is 4. The van der Waals surface area contributed by atoms with E-state index in [1.807, 2.05) is 4.68 Å². The van der Waals surface area contributed by atoms with Gasteiger partial charge in [0.25, 0.3) is 5.91 Å². The Morgan fingerprint density at radius 1 is 1.27 bits per heavy atom. The number of benzene rings is 1. The van der Waals surface area contributed by atoms with Crippen molar-refractivity contribution in [3.8, 4) is 0 Å². The lowest BCUT2D eigenvalue weighted by Crippen LogP contribution is -2.20. The number of nitrogens with zero attached hydrogens (tertiary/aromatic N) is 4. The third-order valence-corrected chi connectivity index (χ3v) is 4.32. The molecule has 134 valence electrons. The highest BCUT2D eigenvalue weighted by Gasteiger charge is 2.26. The molecule has 0 radical (unpaired) electrons. The molecular formula is C17H18FN7O. The molecule has 26 heavy (non-hydrogen) atoms. The SMILES string of the molecule is CNC(=O)c1cnc(Nc2cc3c(cnn3C3CC3)cc2F)nc1NC. The fourth-order valence-corrected chi connectivity index (χ4v) is 2.83. The number of anilines is 3. The van der Waals surface area contributed by atoms with E-state index in [4.69, 9.17) is 0 Å². The summed E-state index contributed by atoms with van der Waals surface area (Å²) in [6.07, 6.45) is 5.25. The van der Waals surface area contributed by atoms with Crippen LogP contribution >= 0.6 is 0 Å². The van der Waals surface area contributed by atoms with Crippen molar-refractivity contribution in [1.29, 1.82) is 0 Å². The third kappa shape index (κ3) is 2.81. The van der Waals surface area contributed by atoms with Gasteiger partial charge in [-0.15, -0.1) is 0 Å². The maximum Gasteiger partial charge on any atom is 0.256 e. The summed E-state index contributed by atoms with van der Waals surface area (Å²) in [6.45, 7) is 0. The van der Waals surface area contributed by atoms with Crippen LogP contribution in [0.3, 0.4) is 0 Å². The Labute approximate surface area is 148 Å². The zero-order chi connectivity index (χ0) is 18.3. The van der Waals surface area contributed by atoms with E-state index in [1.165, 1.54) is 19.3 Å². The zero-order valence-corrected chi connectivity index (χ0v) is 14.4. The quantitative estimate of drug-likeness (QED) is 0.650. The Morgan fingerprint density at radius 3 is 2.77 bits per heavy atom. The molecule has 3 aromatic rings. The van der Waals surface area contributed by atoms with Gasteiger partial charge < -0.3 is 16.0 Å². The van der Waals surface area contributed by atoms with Gasteiger partial charge >= 0.3 is 0 Å². The van der Waals surface area contributed by atoms with Gasteiger partial charge in [0.05, 0.1) is 23.4 Å². The highest BCUT2D eigenvalue weighted by Crippen LogP contribution is 2.37. The number of hydrogen-bond donors (Lipinski definition) is 3. The van der Waals surface area contributed by atoms with E-state index in [0.29, 0.717) is 17.4 Å². The van der Waals surface area contributed by atoms with Gasteiger partial charge in [0, 0.05) is 25.7 Å². The second kappa shape index (κ2) is 6.25. The maximum absolute atomic E-state index is 14.4. The number of halogens is 1. The molecule has 0 unspecified atom stereocenters. The molecule has 1 amide bonds. The number of carbonyl (C=O) groups excluding carboxylic acids is 1. The molecule has 3 N–H and O–H groups in total. The smallest absolute Gasteiger partial charge is 0.256 e. The van der Waals surface area contributed by atoms with Gasteiger partial charge in [-0.2, -0.15) is 10.1 Å². The Morgan fingerprint density at radius 2 is 2.08 bits per heavy atom. The van der Waals surface area contributed by atoms with Gasteiger partial charge in [-0.25, -0.2) is 9.37 Å². The summed E-state index contributed by atoms with van der Waals surface area (Å²) in [7, 11) is 3.18. The molecule has 1 aromatic carbocycles. The fourth-order valence-electron chi connectivity index (χ4n) is 2.83. The lowest BCUT2D eigenvalue weighted by atomic mass is 10.2. The molecule has 1 saturated carbocycles. The standard InChI is InChI=1S/C17H18FN7O/c1-19-15-11(16(26)20-2)8-21-17(24-15)23-13-6-14-9(5-12(13)18)7-22-25(14)10-3-4-10/h5-8,10H,3-4H2,1-2H3,(H,20,26)(H2,19,21,23,24). The monoisotopic (exact) mass is 355 g/mol. The first-order valence-corrected chi connectivity index (χ1v) is 8.31. The second-order valence-electron chi connectivity index (χ2n) is 6.12. The van der Waals surface area contributed by atoms with E-state index in [0.717, 1.165) is 23.7 Å². The summed E-state index contributed by atoms with van der Waals surface area (Å²) in [5, 5.41) is 13.4. The molecule has 2 heterocycles. The molecule has 9 heteroatoms. The third-order valence-electron chi connectivity index (χ3n) is 4.32. The lowest BCUT2D eigenvalue weighted by Gasteiger charge is -2.11. The predicted molar refractivity (Wildman–Crippen MR) is 96.2 cm³/mol. The number of amides is 1. The molecule has 0 saturated heterocycles. The molecular weight excluding hydrogens is 337 g/mol. The summed E-state index contributed by atoms with van der Waals surface area (Å²) in [5.74, 6) is -0.177. The van der Waals surface area contributed by atoms with E-state index in [9.17, 15) is 9.18 Å². The number of rotatable bonds is 5. The van der Waals surface area contributed by atoms with Gasteiger partial charge in [0.1, 0.15) is 17.2 Å². The topological polar surface area (TPSA) is 96.8 Å². The van der Waals surface area contributed by atoms with E-state index >= 15 is 0 Å². The van der Waals surface area contributed by atoms with Crippen molar-refractivity contribution in [3.63, 3.8) is 0 Å². The number of carbonyl (C=O) groups is 1. The molecule has 1 aliphatic rings. The lowest BCUT2D eigenvalue weighted by molar-refractivity contribution is 0.0963. The number of hydrogen-bond acceptors (Lipinski definition) is 6. The number of nitrogens with one attached hydrogen (secondary N) is 3. The van der Waals surface area contributed by atoms with Gasteiger partial charge in [0.2, 0.25) is 5.95 Å². The van der Waals surface area contributed by atoms with Crippen LogP contribution in [-0.4, -0.2) is 39.8 Å². The van der Waals surface area contributed by atoms with Gasteiger partial charge in [-0.1, -0.05) is 0 Å². The highest BCUT2D eigenvalue weighted by molar-refractivity contribution is 5.98. The molecule has 8 nitrogen and oxygen atoms in total. The van der Waals surface area contributed by atoms with Gasteiger partial charge in [-0.05, 0) is 25.0 Å². The predicted octanol–water partition coefficient (Wildman–Crippen LogP) is 2.45. The molecule has 2 aromatic heterocycles. The molecule has 0 atom stereocenters. The van der Waals surface area contributed by atoms with Crippen molar-refractivity contribution in [1.82, 2.24) is 25.1 Å². The normalized spacial score (nSPS) is 13.7. The Bertz CT molecular complexity index is 996. The van der Waals surface area contributed by atoms with Crippen molar-refractivity contribution in [2.75, 3.05) is 24.7 Å². The Kier molecular flexibility index (Phi) is 3.90. The molecule has 1 fully saturated rings. The summed E-state index contributed by atoms with van der Waals surface area (Å²) in [5.41, 5.74) is 1.44. The fraction of sp³-hybridized carbons (Fsp3) is 0.294. The Balaban J connectivity index is 1.69. The van der Waals surface area contributed by atoms with Crippen LogP contribution in [0.15, 0.2) is 24.5 Å². The van der Waals surface area contributed by atoms with Crippen LogP contribution in [0.5, 0.6) is 0 Å². The Hall–Kier alpha value is -3.23. The second-order valence-corrected chi connectivity index (χ2v) is 6.12. The summed E-state index contributed by atoms with van der Waals surface area (Å²) >= 11 is 0.